The number of carbonyl (C=O) groups excluding carboxylic acids is 1. The Balaban J connectivity index is 1.57. The van der Waals surface area contributed by atoms with Gasteiger partial charge in [-0.1, -0.05) is 36.4 Å². The van der Waals surface area contributed by atoms with Crippen LogP contribution in [-0.4, -0.2) is 37.1 Å². The van der Waals surface area contributed by atoms with E-state index in [0.717, 1.165) is 23.8 Å². The smallest absolute Gasteiger partial charge is 0.272 e. The van der Waals surface area contributed by atoms with Crippen LogP contribution in [0.4, 0.5) is 0 Å². The number of pyridine rings is 1. The predicted octanol–water partition coefficient (Wildman–Crippen LogP) is 2.79. The summed E-state index contributed by atoms with van der Waals surface area (Å²) in [5, 5.41) is 8.73. The second kappa shape index (κ2) is 6.71. The Labute approximate surface area is 152 Å². The third-order valence-corrected chi connectivity index (χ3v) is 4.69. The maximum atomic E-state index is 12.8. The van der Waals surface area contributed by atoms with E-state index in [2.05, 4.69) is 38.8 Å². The van der Waals surface area contributed by atoms with Gasteiger partial charge < -0.3 is 9.47 Å². The van der Waals surface area contributed by atoms with E-state index in [1.165, 1.54) is 5.56 Å². The van der Waals surface area contributed by atoms with Gasteiger partial charge in [-0.2, -0.15) is 0 Å². The van der Waals surface area contributed by atoms with Crippen LogP contribution in [0.2, 0.25) is 0 Å². The summed E-state index contributed by atoms with van der Waals surface area (Å²) < 4.78 is 2.17. The third-order valence-electron chi connectivity index (χ3n) is 4.69. The van der Waals surface area contributed by atoms with Crippen molar-refractivity contribution in [1.29, 1.82) is 0 Å². The zero-order chi connectivity index (χ0) is 18.1. The lowest BCUT2D eigenvalue weighted by atomic mass is 10.1. The number of carbonyl (C=O) groups is 1. The number of hydrogen-bond donors (Lipinski definition) is 0. The van der Waals surface area contributed by atoms with Gasteiger partial charge in [-0.3, -0.25) is 4.79 Å². The molecule has 132 valence electrons. The van der Waals surface area contributed by atoms with Gasteiger partial charge in [-0.05, 0) is 31.5 Å². The molecular weight excluding hydrogens is 326 g/mol. The molecule has 1 amide bonds. The fraction of sp³-hybridized carbons (Fsp3) is 0.300. The molecule has 3 heterocycles. The maximum Gasteiger partial charge on any atom is 0.272 e. The molecule has 0 saturated carbocycles. The zero-order valence-electron chi connectivity index (χ0n) is 15.0. The topological polar surface area (TPSA) is 63.9 Å². The van der Waals surface area contributed by atoms with Gasteiger partial charge in [0.2, 0.25) is 0 Å². The highest BCUT2D eigenvalue weighted by molar-refractivity contribution is 5.92. The highest BCUT2D eigenvalue weighted by Gasteiger charge is 2.30. The van der Waals surface area contributed by atoms with Crippen LogP contribution >= 0.6 is 0 Å². The summed E-state index contributed by atoms with van der Waals surface area (Å²) >= 11 is 0. The molecule has 6 heteroatoms. The van der Waals surface area contributed by atoms with Gasteiger partial charge in [0.1, 0.15) is 11.5 Å². The van der Waals surface area contributed by atoms with E-state index in [9.17, 15) is 4.79 Å². The summed E-state index contributed by atoms with van der Waals surface area (Å²) in [6.07, 6.45) is 0.742. The quantitative estimate of drug-likeness (QED) is 0.731. The summed E-state index contributed by atoms with van der Waals surface area (Å²) in [5.41, 5.74) is 2.53. The van der Waals surface area contributed by atoms with Crippen LogP contribution in [0.1, 0.15) is 46.4 Å². The van der Waals surface area contributed by atoms with Gasteiger partial charge in [0.25, 0.3) is 5.91 Å². The second-order valence-corrected chi connectivity index (χ2v) is 6.76. The number of aromatic nitrogens is 4. The number of benzene rings is 1. The molecule has 6 nitrogen and oxygen atoms in total. The fourth-order valence-electron chi connectivity index (χ4n) is 3.49. The van der Waals surface area contributed by atoms with Gasteiger partial charge in [0, 0.05) is 18.7 Å². The molecule has 0 N–H and O–H groups in total. The number of rotatable bonds is 3. The average molecular weight is 347 g/mol. The van der Waals surface area contributed by atoms with Gasteiger partial charge in [-0.25, -0.2) is 4.98 Å². The number of amides is 1. The maximum absolute atomic E-state index is 12.8. The molecule has 0 spiro atoms. The normalized spacial score (nSPS) is 16.4. The van der Waals surface area contributed by atoms with Crippen LogP contribution in [0.15, 0.2) is 48.5 Å². The SMILES string of the molecule is Cc1cccc(C(=O)N2Cc3nnc(Cc4ccccc4)n3[C@@H](C)C2)n1. The Morgan fingerprint density at radius 3 is 2.69 bits per heavy atom. The van der Waals surface area contributed by atoms with Crippen molar-refractivity contribution >= 4 is 5.91 Å². The number of hydrogen-bond acceptors (Lipinski definition) is 4. The van der Waals surface area contributed by atoms with Crippen LogP contribution in [-0.2, 0) is 13.0 Å². The largest absolute Gasteiger partial charge is 0.328 e. The van der Waals surface area contributed by atoms with Crippen molar-refractivity contribution in [2.75, 3.05) is 6.54 Å². The van der Waals surface area contributed by atoms with Gasteiger partial charge in [-0.15, -0.1) is 10.2 Å². The number of fused-ring (bicyclic) bond motifs is 1. The summed E-state index contributed by atoms with van der Waals surface area (Å²) in [4.78, 5) is 19.0. The Morgan fingerprint density at radius 2 is 1.92 bits per heavy atom. The second-order valence-electron chi connectivity index (χ2n) is 6.76. The van der Waals surface area contributed by atoms with Crippen LogP contribution < -0.4 is 0 Å². The molecule has 26 heavy (non-hydrogen) atoms. The van der Waals surface area contributed by atoms with Crippen molar-refractivity contribution in [3.63, 3.8) is 0 Å². The zero-order valence-corrected chi connectivity index (χ0v) is 15.0. The van der Waals surface area contributed by atoms with E-state index < -0.39 is 0 Å². The first kappa shape index (κ1) is 16.4. The van der Waals surface area contributed by atoms with E-state index in [-0.39, 0.29) is 11.9 Å². The average Bonchev–Trinajstić information content (AvgIpc) is 3.05. The molecule has 4 rings (SSSR count). The van der Waals surface area contributed by atoms with Crippen molar-refractivity contribution in [3.05, 3.63) is 77.1 Å². The molecule has 0 aliphatic carbocycles. The lowest BCUT2D eigenvalue weighted by Crippen LogP contribution is -2.41. The molecule has 3 aromatic rings. The lowest BCUT2D eigenvalue weighted by molar-refractivity contribution is 0.0673. The van der Waals surface area contributed by atoms with Gasteiger partial charge >= 0.3 is 0 Å². The molecule has 1 aliphatic rings. The third kappa shape index (κ3) is 3.10. The Hall–Kier alpha value is -3.02. The lowest BCUT2D eigenvalue weighted by Gasteiger charge is -2.32. The minimum Gasteiger partial charge on any atom is -0.328 e. The molecule has 1 aromatic carbocycles. The molecule has 1 atom stereocenters. The number of nitrogens with zero attached hydrogens (tertiary/aromatic N) is 5. The van der Waals surface area contributed by atoms with E-state index in [1.54, 1.807) is 6.07 Å². The minimum atomic E-state index is -0.0561. The Kier molecular flexibility index (Phi) is 4.24. The number of aryl methyl sites for hydroxylation is 1. The van der Waals surface area contributed by atoms with Crippen LogP contribution in [0.3, 0.4) is 0 Å². The fourth-order valence-corrected chi connectivity index (χ4v) is 3.49. The molecule has 0 fully saturated rings. The van der Waals surface area contributed by atoms with Crippen molar-refractivity contribution in [1.82, 2.24) is 24.6 Å². The molecular formula is C20H21N5O. The monoisotopic (exact) mass is 347 g/mol. The molecule has 0 saturated heterocycles. The molecule has 0 radical (unpaired) electrons. The Morgan fingerprint density at radius 1 is 1.12 bits per heavy atom. The summed E-state index contributed by atoms with van der Waals surface area (Å²) in [7, 11) is 0. The van der Waals surface area contributed by atoms with E-state index in [4.69, 9.17) is 0 Å². The summed E-state index contributed by atoms with van der Waals surface area (Å²) in [5.74, 6) is 1.72. The Bertz CT molecular complexity index is 934. The van der Waals surface area contributed by atoms with Gasteiger partial charge in [0.05, 0.1) is 12.6 Å². The first-order chi connectivity index (χ1) is 12.6. The van der Waals surface area contributed by atoms with E-state index in [1.807, 2.05) is 42.2 Å². The van der Waals surface area contributed by atoms with Crippen LogP contribution in [0.5, 0.6) is 0 Å². The van der Waals surface area contributed by atoms with Crippen LogP contribution in [0.25, 0.3) is 0 Å². The first-order valence-corrected chi connectivity index (χ1v) is 8.81. The molecule has 2 aromatic heterocycles. The predicted molar refractivity (Wildman–Crippen MR) is 97.7 cm³/mol. The van der Waals surface area contributed by atoms with Crippen molar-refractivity contribution in [3.8, 4) is 0 Å². The van der Waals surface area contributed by atoms with E-state index >= 15 is 0 Å². The first-order valence-electron chi connectivity index (χ1n) is 8.81. The minimum absolute atomic E-state index is 0.0561. The van der Waals surface area contributed by atoms with Crippen molar-refractivity contribution < 1.29 is 4.79 Å². The molecule has 1 aliphatic heterocycles. The summed E-state index contributed by atoms with van der Waals surface area (Å²) in [6, 6.07) is 15.9. The van der Waals surface area contributed by atoms with Crippen molar-refractivity contribution in [2.24, 2.45) is 0 Å². The van der Waals surface area contributed by atoms with E-state index in [0.29, 0.717) is 18.8 Å². The van der Waals surface area contributed by atoms with Gasteiger partial charge in [0.15, 0.2) is 5.82 Å². The van der Waals surface area contributed by atoms with Crippen molar-refractivity contribution in [2.45, 2.75) is 32.9 Å². The molecule has 0 unspecified atom stereocenters. The summed E-state index contributed by atoms with van der Waals surface area (Å²) in [6.45, 7) is 5.08. The highest BCUT2D eigenvalue weighted by Crippen LogP contribution is 2.24. The molecule has 0 bridgehead atoms. The highest BCUT2D eigenvalue weighted by atomic mass is 16.2. The standard InChI is InChI=1S/C20H21N5O/c1-14-7-6-10-17(21-14)20(26)24-12-15(2)25-18(22-23-19(25)13-24)11-16-8-4-3-5-9-16/h3-10,15H,11-13H2,1-2H3/t15-/m0/s1. The van der Waals surface area contributed by atoms with Crippen LogP contribution in [0, 0.1) is 6.92 Å².